The van der Waals surface area contributed by atoms with Crippen LogP contribution in [0.2, 0.25) is 0 Å². The molecule has 3 atom stereocenters. The highest BCUT2D eigenvalue weighted by Crippen LogP contribution is 2.34. The Morgan fingerprint density at radius 1 is 1.04 bits per heavy atom. The molecule has 4 rings (SSSR count). The van der Waals surface area contributed by atoms with Crippen LogP contribution in [0, 0.1) is 5.92 Å². The molecule has 0 saturated heterocycles. The number of anilines is 1. The minimum Gasteiger partial charge on any atom is -0.353 e. The van der Waals surface area contributed by atoms with Gasteiger partial charge in [0, 0.05) is 18.2 Å². The average molecular weight is 348 g/mol. The van der Waals surface area contributed by atoms with Gasteiger partial charge in [0.15, 0.2) is 0 Å². The quantitative estimate of drug-likeness (QED) is 0.886. The van der Waals surface area contributed by atoms with Crippen LogP contribution in [0.5, 0.6) is 0 Å². The Kier molecular flexibility index (Phi) is 4.74. The zero-order chi connectivity index (χ0) is 17.9. The second-order valence-corrected chi connectivity index (χ2v) is 7.39. The highest BCUT2D eigenvalue weighted by molar-refractivity contribution is 6.01. The van der Waals surface area contributed by atoms with Gasteiger partial charge in [-0.1, -0.05) is 55.0 Å². The van der Waals surface area contributed by atoms with Gasteiger partial charge in [0.05, 0.1) is 5.92 Å². The lowest BCUT2D eigenvalue weighted by Gasteiger charge is -2.28. The Morgan fingerprint density at radius 2 is 1.81 bits per heavy atom. The van der Waals surface area contributed by atoms with Gasteiger partial charge in [-0.2, -0.15) is 0 Å². The molecule has 0 unspecified atom stereocenters. The molecular weight excluding hydrogens is 324 g/mol. The summed E-state index contributed by atoms with van der Waals surface area (Å²) in [5.74, 6) is -0.0275. The van der Waals surface area contributed by atoms with Crippen molar-refractivity contribution in [3.05, 3.63) is 65.7 Å². The van der Waals surface area contributed by atoms with Crippen LogP contribution in [-0.2, 0) is 16.0 Å². The molecule has 1 heterocycles. The lowest BCUT2D eigenvalue weighted by atomic mass is 9.88. The van der Waals surface area contributed by atoms with Crippen molar-refractivity contribution in [2.45, 2.75) is 44.1 Å². The number of carbonyl (C=O) groups is 2. The van der Waals surface area contributed by atoms with E-state index in [1.807, 2.05) is 30.3 Å². The van der Waals surface area contributed by atoms with Crippen molar-refractivity contribution in [3.8, 4) is 0 Å². The SMILES string of the molecule is O=C1C[C@H](C(=O)N[C@H]2CCC[C@@H]2Cc2ccccc2)c2ccccc2N1. The number of rotatable bonds is 4. The Balaban J connectivity index is 1.46. The largest absolute Gasteiger partial charge is 0.353 e. The van der Waals surface area contributed by atoms with Gasteiger partial charge in [-0.25, -0.2) is 0 Å². The molecule has 0 aromatic heterocycles. The first kappa shape index (κ1) is 16.8. The Hall–Kier alpha value is -2.62. The van der Waals surface area contributed by atoms with Crippen molar-refractivity contribution in [1.82, 2.24) is 5.32 Å². The summed E-state index contributed by atoms with van der Waals surface area (Å²) in [6.45, 7) is 0. The molecule has 1 fully saturated rings. The van der Waals surface area contributed by atoms with E-state index in [0.29, 0.717) is 5.92 Å². The average Bonchev–Trinajstić information content (AvgIpc) is 3.08. The van der Waals surface area contributed by atoms with Crippen LogP contribution in [-0.4, -0.2) is 17.9 Å². The maximum Gasteiger partial charge on any atom is 0.228 e. The van der Waals surface area contributed by atoms with Gasteiger partial charge in [0.2, 0.25) is 11.8 Å². The highest BCUT2D eigenvalue weighted by atomic mass is 16.2. The fourth-order valence-electron chi connectivity index (χ4n) is 4.32. The van der Waals surface area contributed by atoms with Crippen molar-refractivity contribution < 1.29 is 9.59 Å². The van der Waals surface area contributed by atoms with Crippen LogP contribution in [0.3, 0.4) is 0 Å². The van der Waals surface area contributed by atoms with E-state index in [9.17, 15) is 9.59 Å². The first-order valence-electron chi connectivity index (χ1n) is 9.44. The number of fused-ring (bicyclic) bond motifs is 1. The monoisotopic (exact) mass is 348 g/mol. The van der Waals surface area contributed by atoms with E-state index < -0.39 is 5.92 Å². The zero-order valence-corrected chi connectivity index (χ0v) is 14.8. The molecule has 4 heteroatoms. The number of amides is 2. The van der Waals surface area contributed by atoms with Crippen LogP contribution in [0.1, 0.15) is 42.7 Å². The normalized spacial score (nSPS) is 24.6. The standard InChI is InChI=1S/C22H24N2O2/c25-21-14-18(17-10-4-5-11-20(17)23-21)22(26)24-19-12-6-9-16(19)13-15-7-2-1-3-8-15/h1-5,7-8,10-11,16,18-19H,6,9,12-14H2,(H,23,25)(H,24,26)/t16-,18+,19+/m1/s1. The zero-order valence-electron chi connectivity index (χ0n) is 14.8. The predicted molar refractivity (Wildman–Crippen MR) is 102 cm³/mol. The summed E-state index contributed by atoms with van der Waals surface area (Å²) in [5, 5.41) is 6.12. The molecule has 2 amide bonds. The van der Waals surface area contributed by atoms with E-state index in [0.717, 1.165) is 36.9 Å². The van der Waals surface area contributed by atoms with E-state index in [4.69, 9.17) is 0 Å². The molecule has 4 nitrogen and oxygen atoms in total. The number of benzene rings is 2. The Bertz CT molecular complexity index is 803. The molecule has 2 aliphatic rings. The van der Waals surface area contributed by atoms with E-state index in [1.54, 1.807) is 0 Å². The van der Waals surface area contributed by atoms with E-state index in [-0.39, 0.29) is 24.3 Å². The van der Waals surface area contributed by atoms with Crippen LogP contribution < -0.4 is 10.6 Å². The van der Waals surface area contributed by atoms with E-state index >= 15 is 0 Å². The van der Waals surface area contributed by atoms with Gasteiger partial charge < -0.3 is 10.6 Å². The lowest BCUT2D eigenvalue weighted by molar-refractivity contribution is -0.127. The van der Waals surface area contributed by atoms with E-state index in [2.05, 4.69) is 34.9 Å². The summed E-state index contributed by atoms with van der Waals surface area (Å²) >= 11 is 0. The van der Waals surface area contributed by atoms with Crippen molar-refractivity contribution in [2.24, 2.45) is 5.92 Å². The van der Waals surface area contributed by atoms with Gasteiger partial charge in [0.1, 0.15) is 0 Å². The third-order valence-electron chi connectivity index (χ3n) is 5.64. The Labute approximate surface area is 154 Å². The smallest absolute Gasteiger partial charge is 0.228 e. The summed E-state index contributed by atoms with van der Waals surface area (Å²) < 4.78 is 0. The molecule has 2 aromatic rings. The molecule has 0 radical (unpaired) electrons. The minimum atomic E-state index is -0.391. The van der Waals surface area contributed by atoms with Gasteiger partial charge in [-0.3, -0.25) is 9.59 Å². The fourth-order valence-corrected chi connectivity index (χ4v) is 4.32. The number of hydrogen-bond donors (Lipinski definition) is 2. The topological polar surface area (TPSA) is 58.2 Å². The van der Waals surface area contributed by atoms with Crippen molar-refractivity contribution in [1.29, 1.82) is 0 Å². The van der Waals surface area contributed by atoms with Crippen LogP contribution in [0.4, 0.5) is 5.69 Å². The molecule has 0 bridgehead atoms. The molecule has 134 valence electrons. The number of nitrogens with one attached hydrogen (secondary N) is 2. The van der Waals surface area contributed by atoms with Crippen molar-refractivity contribution in [3.63, 3.8) is 0 Å². The fraction of sp³-hybridized carbons (Fsp3) is 0.364. The van der Waals surface area contributed by atoms with Crippen molar-refractivity contribution in [2.75, 3.05) is 5.32 Å². The second-order valence-electron chi connectivity index (χ2n) is 7.39. The van der Waals surface area contributed by atoms with Gasteiger partial charge in [-0.05, 0) is 42.4 Å². The molecule has 2 aromatic carbocycles. The predicted octanol–water partition coefficient (Wildman–Crippen LogP) is 3.64. The third kappa shape index (κ3) is 3.50. The van der Waals surface area contributed by atoms with Crippen LogP contribution in [0.15, 0.2) is 54.6 Å². The first-order chi connectivity index (χ1) is 12.7. The number of hydrogen-bond acceptors (Lipinski definition) is 2. The minimum absolute atomic E-state index is 0.0164. The van der Waals surface area contributed by atoms with Gasteiger partial charge in [0.25, 0.3) is 0 Å². The summed E-state index contributed by atoms with van der Waals surface area (Å²) in [7, 11) is 0. The molecule has 2 N–H and O–H groups in total. The molecule has 26 heavy (non-hydrogen) atoms. The third-order valence-corrected chi connectivity index (χ3v) is 5.64. The maximum atomic E-state index is 13.0. The van der Waals surface area contributed by atoms with Crippen LogP contribution >= 0.6 is 0 Å². The number of para-hydroxylation sites is 1. The molecule has 1 saturated carbocycles. The Morgan fingerprint density at radius 3 is 2.65 bits per heavy atom. The summed E-state index contributed by atoms with van der Waals surface area (Å²) in [5.41, 5.74) is 3.00. The molecular formula is C22H24N2O2. The molecule has 0 spiro atoms. The lowest BCUT2D eigenvalue weighted by Crippen LogP contribution is -2.42. The van der Waals surface area contributed by atoms with Gasteiger partial charge in [-0.15, -0.1) is 0 Å². The summed E-state index contributed by atoms with van der Waals surface area (Å²) in [4.78, 5) is 25.0. The first-order valence-corrected chi connectivity index (χ1v) is 9.44. The van der Waals surface area contributed by atoms with E-state index in [1.165, 1.54) is 5.56 Å². The van der Waals surface area contributed by atoms with Crippen molar-refractivity contribution >= 4 is 17.5 Å². The molecule has 1 aliphatic carbocycles. The van der Waals surface area contributed by atoms with Crippen LogP contribution in [0.25, 0.3) is 0 Å². The maximum absolute atomic E-state index is 13.0. The second kappa shape index (κ2) is 7.32. The summed E-state index contributed by atoms with van der Waals surface area (Å²) in [6, 6.07) is 18.3. The van der Waals surface area contributed by atoms with Gasteiger partial charge >= 0.3 is 0 Å². The summed E-state index contributed by atoms with van der Waals surface area (Å²) in [6.07, 6.45) is 4.52. The highest BCUT2D eigenvalue weighted by Gasteiger charge is 2.34. The molecule has 1 aliphatic heterocycles. The number of carbonyl (C=O) groups excluding carboxylic acids is 2.